The Bertz CT molecular complexity index is 380. The molecule has 1 rings (SSSR count). The monoisotopic (exact) mass is 263 g/mol. The predicted molar refractivity (Wildman–Crippen MR) is 77.6 cm³/mol. The van der Waals surface area contributed by atoms with Crippen LogP contribution in [0.4, 0.5) is 0 Å². The number of aromatic nitrogens is 1. The lowest BCUT2D eigenvalue weighted by atomic mass is 9.98. The van der Waals surface area contributed by atoms with Crippen LogP contribution >= 0.6 is 0 Å². The first-order valence-electron chi connectivity index (χ1n) is 7.03. The van der Waals surface area contributed by atoms with Crippen LogP contribution in [-0.4, -0.2) is 34.9 Å². The average molecular weight is 263 g/mol. The predicted octanol–water partition coefficient (Wildman–Crippen LogP) is 1.85. The lowest BCUT2D eigenvalue weighted by Crippen LogP contribution is -2.47. The van der Waals surface area contributed by atoms with E-state index in [0.717, 1.165) is 12.8 Å². The number of pyridine rings is 1. The molecule has 0 bridgehead atoms. The van der Waals surface area contributed by atoms with Crippen LogP contribution in [0.2, 0.25) is 0 Å². The molecule has 19 heavy (non-hydrogen) atoms. The van der Waals surface area contributed by atoms with E-state index in [2.05, 4.69) is 11.9 Å². The van der Waals surface area contributed by atoms with Crippen LogP contribution in [0.15, 0.2) is 24.5 Å². The minimum atomic E-state index is -0.387. The molecule has 106 valence electrons. The molecule has 2 N–H and O–H groups in total. The van der Waals surface area contributed by atoms with Gasteiger partial charge in [0.2, 0.25) is 5.91 Å². The highest BCUT2D eigenvalue weighted by molar-refractivity contribution is 5.81. The van der Waals surface area contributed by atoms with Gasteiger partial charge in [-0.05, 0) is 37.0 Å². The normalized spacial score (nSPS) is 13.9. The summed E-state index contributed by atoms with van der Waals surface area (Å²) in [6.07, 6.45) is 5.32. The van der Waals surface area contributed by atoms with Crippen molar-refractivity contribution in [1.29, 1.82) is 0 Å². The maximum absolute atomic E-state index is 12.3. The van der Waals surface area contributed by atoms with Crippen LogP contribution in [0.5, 0.6) is 0 Å². The summed E-state index contributed by atoms with van der Waals surface area (Å²) < 4.78 is 0. The summed E-state index contributed by atoms with van der Waals surface area (Å²) in [5, 5.41) is 0. The minimum Gasteiger partial charge on any atom is -0.341 e. The van der Waals surface area contributed by atoms with E-state index >= 15 is 0 Å². The van der Waals surface area contributed by atoms with E-state index in [1.54, 1.807) is 12.4 Å². The number of nitrogens with two attached hydrogens (primary N) is 1. The summed E-state index contributed by atoms with van der Waals surface area (Å²) in [4.78, 5) is 18.1. The molecule has 1 amide bonds. The SMILES string of the molecule is CCC(C)[C@H](N)C(=O)N(CC)CCc1ccncc1. The number of hydrogen-bond donors (Lipinski definition) is 1. The van der Waals surface area contributed by atoms with Crippen LogP contribution in [0.25, 0.3) is 0 Å². The summed E-state index contributed by atoms with van der Waals surface area (Å²) in [5.41, 5.74) is 7.21. The molecule has 0 aliphatic rings. The van der Waals surface area contributed by atoms with Gasteiger partial charge in [0.05, 0.1) is 6.04 Å². The second kappa shape index (κ2) is 7.89. The minimum absolute atomic E-state index is 0.0610. The Hall–Kier alpha value is -1.42. The van der Waals surface area contributed by atoms with Crippen LogP contribution < -0.4 is 5.73 Å². The molecule has 0 aliphatic heterocycles. The first-order chi connectivity index (χ1) is 9.10. The standard InChI is InChI=1S/C15H25N3O/c1-4-12(3)14(16)15(19)18(5-2)11-8-13-6-9-17-10-7-13/h6-7,9-10,12,14H,4-5,8,11,16H2,1-3H3/t12?,14-/m0/s1. The van der Waals surface area contributed by atoms with Crippen molar-refractivity contribution >= 4 is 5.91 Å². The zero-order chi connectivity index (χ0) is 14.3. The Labute approximate surface area is 116 Å². The van der Waals surface area contributed by atoms with Crippen molar-refractivity contribution in [3.05, 3.63) is 30.1 Å². The van der Waals surface area contributed by atoms with E-state index in [4.69, 9.17) is 5.73 Å². The molecule has 4 nitrogen and oxygen atoms in total. The van der Waals surface area contributed by atoms with E-state index in [-0.39, 0.29) is 17.9 Å². The van der Waals surface area contributed by atoms with E-state index in [0.29, 0.717) is 13.1 Å². The van der Waals surface area contributed by atoms with Gasteiger partial charge in [-0.1, -0.05) is 20.3 Å². The number of hydrogen-bond acceptors (Lipinski definition) is 3. The molecule has 0 saturated heterocycles. The Balaban J connectivity index is 2.56. The van der Waals surface area contributed by atoms with Gasteiger partial charge in [-0.25, -0.2) is 0 Å². The Morgan fingerprint density at radius 3 is 2.53 bits per heavy atom. The largest absolute Gasteiger partial charge is 0.341 e. The Morgan fingerprint density at radius 2 is 2.00 bits per heavy atom. The van der Waals surface area contributed by atoms with E-state index < -0.39 is 0 Å². The Morgan fingerprint density at radius 1 is 1.37 bits per heavy atom. The highest BCUT2D eigenvalue weighted by atomic mass is 16.2. The first-order valence-corrected chi connectivity index (χ1v) is 7.03. The van der Waals surface area contributed by atoms with Gasteiger partial charge in [-0.3, -0.25) is 9.78 Å². The maximum Gasteiger partial charge on any atom is 0.239 e. The van der Waals surface area contributed by atoms with Gasteiger partial charge in [0, 0.05) is 25.5 Å². The molecule has 0 saturated carbocycles. The fraction of sp³-hybridized carbons (Fsp3) is 0.600. The van der Waals surface area contributed by atoms with Crippen molar-refractivity contribution < 1.29 is 4.79 Å². The number of carbonyl (C=O) groups is 1. The van der Waals surface area contributed by atoms with Crippen molar-refractivity contribution in [2.24, 2.45) is 11.7 Å². The fourth-order valence-corrected chi connectivity index (χ4v) is 1.95. The van der Waals surface area contributed by atoms with Crippen molar-refractivity contribution in [2.45, 2.75) is 39.7 Å². The van der Waals surface area contributed by atoms with Gasteiger partial charge in [0.25, 0.3) is 0 Å². The molecular formula is C15H25N3O. The Kier molecular flexibility index (Phi) is 6.50. The van der Waals surface area contributed by atoms with Crippen LogP contribution in [0, 0.1) is 5.92 Å². The summed E-state index contributed by atoms with van der Waals surface area (Å²) >= 11 is 0. The van der Waals surface area contributed by atoms with Gasteiger partial charge < -0.3 is 10.6 Å². The number of carbonyl (C=O) groups excluding carboxylic acids is 1. The van der Waals surface area contributed by atoms with E-state index in [1.807, 2.05) is 30.9 Å². The van der Waals surface area contributed by atoms with Gasteiger partial charge >= 0.3 is 0 Å². The second-order valence-electron chi connectivity index (χ2n) is 4.93. The number of amides is 1. The average Bonchev–Trinajstić information content (AvgIpc) is 2.47. The highest BCUT2D eigenvalue weighted by Crippen LogP contribution is 2.09. The van der Waals surface area contributed by atoms with Crippen molar-refractivity contribution in [2.75, 3.05) is 13.1 Å². The van der Waals surface area contributed by atoms with Crippen LogP contribution in [0.3, 0.4) is 0 Å². The van der Waals surface area contributed by atoms with Crippen molar-refractivity contribution in [3.63, 3.8) is 0 Å². The third-order valence-corrected chi connectivity index (χ3v) is 3.66. The molecule has 1 heterocycles. The zero-order valence-electron chi connectivity index (χ0n) is 12.2. The van der Waals surface area contributed by atoms with Crippen molar-refractivity contribution in [3.8, 4) is 0 Å². The molecule has 2 atom stereocenters. The maximum atomic E-state index is 12.3. The lowest BCUT2D eigenvalue weighted by molar-refractivity contribution is -0.133. The zero-order valence-corrected chi connectivity index (χ0v) is 12.2. The summed E-state index contributed by atoms with van der Waals surface area (Å²) in [6.45, 7) is 7.50. The summed E-state index contributed by atoms with van der Waals surface area (Å²) in [7, 11) is 0. The van der Waals surface area contributed by atoms with Gasteiger partial charge in [-0.15, -0.1) is 0 Å². The quantitative estimate of drug-likeness (QED) is 0.816. The number of nitrogens with zero attached hydrogens (tertiary/aromatic N) is 2. The molecule has 1 aromatic rings. The number of rotatable bonds is 7. The highest BCUT2D eigenvalue weighted by Gasteiger charge is 2.23. The molecule has 1 aromatic heterocycles. The topological polar surface area (TPSA) is 59.2 Å². The van der Waals surface area contributed by atoms with E-state index in [1.165, 1.54) is 5.56 Å². The first kappa shape index (κ1) is 15.6. The number of likely N-dealkylation sites (N-methyl/N-ethyl adjacent to an activating group) is 1. The summed E-state index contributed by atoms with van der Waals surface area (Å²) in [5.74, 6) is 0.286. The van der Waals surface area contributed by atoms with Gasteiger partial charge in [0.1, 0.15) is 0 Å². The fourth-order valence-electron chi connectivity index (χ4n) is 1.95. The molecule has 0 aliphatic carbocycles. The molecule has 1 unspecified atom stereocenters. The van der Waals surface area contributed by atoms with Gasteiger partial charge in [-0.2, -0.15) is 0 Å². The molecule has 4 heteroatoms. The third-order valence-electron chi connectivity index (χ3n) is 3.66. The third kappa shape index (κ3) is 4.63. The molecule has 0 fully saturated rings. The smallest absolute Gasteiger partial charge is 0.239 e. The van der Waals surface area contributed by atoms with Crippen LogP contribution in [-0.2, 0) is 11.2 Å². The molecule has 0 radical (unpaired) electrons. The van der Waals surface area contributed by atoms with Gasteiger partial charge in [0.15, 0.2) is 0 Å². The molecular weight excluding hydrogens is 238 g/mol. The second-order valence-corrected chi connectivity index (χ2v) is 4.93. The van der Waals surface area contributed by atoms with Crippen LogP contribution in [0.1, 0.15) is 32.8 Å². The van der Waals surface area contributed by atoms with Crippen molar-refractivity contribution in [1.82, 2.24) is 9.88 Å². The molecule has 0 spiro atoms. The lowest BCUT2D eigenvalue weighted by Gasteiger charge is -2.27. The summed E-state index contributed by atoms with van der Waals surface area (Å²) in [6, 6.07) is 3.57. The molecule has 0 aromatic carbocycles. The van der Waals surface area contributed by atoms with E-state index in [9.17, 15) is 4.79 Å².